The van der Waals surface area contributed by atoms with E-state index in [2.05, 4.69) is 21.5 Å². The van der Waals surface area contributed by atoms with Crippen LogP contribution in [-0.2, 0) is 6.54 Å². The largest absolute Gasteiger partial charge is 0.330 e. The fourth-order valence-corrected chi connectivity index (χ4v) is 3.03. The Hall–Kier alpha value is -1.20. The molecule has 1 aliphatic rings. The van der Waals surface area contributed by atoms with Crippen molar-refractivity contribution in [2.75, 3.05) is 20.1 Å². The van der Waals surface area contributed by atoms with Gasteiger partial charge in [-0.2, -0.15) is 0 Å². The second kappa shape index (κ2) is 4.48. The van der Waals surface area contributed by atoms with Gasteiger partial charge in [0.25, 0.3) is 0 Å². The van der Waals surface area contributed by atoms with E-state index in [1.165, 1.54) is 18.6 Å². The zero-order valence-corrected chi connectivity index (χ0v) is 11.1. The first-order chi connectivity index (χ1) is 8.63. The van der Waals surface area contributed by atoms with Gasteiger partial charge in [-0.1, -0.05) is 0 Å². The summed E-state index contributed by atoms with van der Waals surface area (Å²) >= 11 is 5.33. The summed E-state index contributed by atoms with van der Waals surface area (Å²) in [5.74, 6) is 0.400. The van der Waals surface area contributed by atoms with E-state index in [0.29, 0.717) is 10.7 Å². The number of aromatic nitrogens is 2. The van der Waals surface area contributed by atoms with Gasteiger partial charge in [0, 0.05) is 13.1 Å². The van der Waals surface area contributed by atoms with Gasteiger partial charge in [-0.15, -0.1) is 0 Å². The molecule has 0 radical (unpaired) electrons. The minimum Gasteiger partial charge on any atom is -0.330 e. The first-order valence-electron chi connectivity index (χ1n) is 6.20. The number of benzene rings is 1. The van der Waals surface area contributed by atoms with E-state index in [9.17, 15) is 4.39 Å². The van der Waals surface area contributed by atoms with Gasteiger partial charge in [0.2, 0.25) is 0 Å². The van der Waals surface area contributed by atoms with E-state index in [-0.39, 0.29) is 5.82 Å². The molecule has 2 aromatic rings. The van der Waals surface area contributed by atoms with Crippen molar-refractivity contribution in [3.63, 3.8) is 0 Å². The molecule has 3 rings (SSSR count). The van der Waals surface area contributed by atoms with Crippen molar-refractivity contribution in [1.82, 2.24) is 14.5 Å². The number of H-pyrrole nitrogens is 1. The number of imidazole rings is 1. The van der Waals surface area contributed by atoms with Crippen LogP contribution in [-0.4, -0.2) is 34.6 Å². The number of hydrogen-bond acceptors (Lipinski definition) is 2. The van der Waals surface area contributed by atoms with Gasteiger partial charge < -0.3 is 14.5 Å². The number of aromatic amines is 1. The second-order valence-corrected chi connectivity index (χ2v) is 5.51. The first kappa shape index (κ1) is 11.9. The van der Waals surface area contributed by atoms with E-state index in [1.807, 2.05) is 0 Å². The van der Waals surface area contributed by atoms with Crippen LogP contribution >= 0.6 is 12.2 Å². The fourth-order valence-electron chi connectivity index (χ4n) is 2.75. The van der Waals surface area contributed by atoms with Crippen LogP contribution in [0.4, 0.5) is 4.39 Å². The molecular formula is C13H16FN3S. The maximum atomic E-state index is 13.2. The van der Waals surface area contributed by atoms with Crippen LogP contribution in [0.3, 0.4) is 0 Å². The molecule has 5 heteroatoms. The third-order valence-electron chi connectivity index (χ3n) is 3.67. The molecule has 0 saturated carbocycles. The Kier molecular flexibility index (Phi) is 2.95. The fraction of sp³-hybridized carbons (Fsp3) is 0.462. The minimum absolute atomic E-state index is 0.230. The molecule has 1 aromatic heterocycles. The quantitative estimate of drug-likeness (QED) is 0.844. The van der Waals surface area contributed by atoms with Gasteiger partial charge in [-0.05, 0) is 56.3 Å². The lowest BCUT2D eigenvalue weighted by Crippen LogP contribution is -2.17. The Morgan fingerprint density at radius 3 is 3.06 bits per heavy atom. The van der Waals surface area contributed by atoms with Crippen molar-refractivity contribution in [3.05, 3.63) is 28.8 Å². The van der Waals surface area contributed by atoms with Crippen molar-refractivity contribution < 1.29 is 4.39 Å². The standard InChI is InChI=1S/C13H16FN3S/c1-16-5-4-9(7-16)8-17-12-3-2-10(14)6-11(12)15-13(17)18/h2-3,6,9H,4-5,7-8H2,1H3,(H,15,18). The lowest BCUT2D eigenvalue weighted by Gasteiger charge is -2.12. The first-order valence-corrected chi connectivity index (χ1v) is 6.61. The van der Waals surface area contributed by atoms with E-state index in [1.54, 1.807) is 6.07 Å². The number of nitrogens with zero attached hydrogens (tertiary/aromatic N) is 2. The number of likely N-dealkylation sites (tertiary alicyclic amines) is 1. The third-order valence-corrected chi connectivity index (χ3v) is 3.99. The van der Waals surface area contributed by atoms with Crippen LogP contribution in [0.5, 0.6) is 0 Å². The van der Waals surface area contributed by atoms with Crippen LogP contribution in [0.15, 0.2) is 18.2 Å². The summed E-state index contributed by atoms with van der Waals surface area (Å²) in [6, 6.07) is 4.79. The average molecular weight is 265 g/mol. The third kappa shape index (κ3) is 2.08. The van der Waals surface area contributed by atoms with Gasteiger partial charge in [0.15, 0.2) is 4.77 Å². The van der Waals surface area contributed by atoms with E-state index in [0.717, 1.165) is 30.7 Å². The van der Waals surface area contributed by atoms with Crippen molar-refractivity contribution >= 4 is 23.3 Å². The molecule has 1 aromatic carbocycles. The molecule has 96 valence electrons. The molecule has 2 heterocycles. The molecule has 1 saturated heterocycles. The highest BCUT2D eigenvalue weighted by molar-refractivity contribution is 7.71. The topological polar surface area (TPSA) is 24.0 Å². The molecule has 1 atom stereocenters. The molecule has 1 fully saturated rings. The lowest BCUT2D eigenvalue weighted by molar-refractivity contribution is 0.379. The Bertz CT molecular complexity index is 631. The van der Waals surface area contributed by atoms with Gasteiger partial charge in [-0.25, -0.2) is 4.39 Å². The maximum absolute atomic E-state index is 13.2. The van der Waals surface area contributed by atoms with E-state index < -0.39 is 0 Å². The van der Waals surface area contributed by atoms with Gasteiger partial charge in [0.05, 0.1) is 11.0 Å². The molecule has 18 heavy (non-hydrogen) atoms. The Morgan fingerprint density at radius 1 is 1.50 bits per heavy atom. The molecule has 0 bridgehead atoms. The number of rotatable bonds is 2. The molecule has 0 aliphatic carbocycles. The van der Waals surface area contributed by atoms with Crippen molar-refractivity contribution in [2.24, 2.45) is 5.92 Å². The number of nitrogens with one attached hydrogen (secondary N) is 1. The number of fused-ring (bicyclic) bond motifs is 1. The van der Waals surface area contributed by atoms with Gasteiger partial charge in [0.1, 0.15) is 5.82 Å². The Labute approximate surface area is 110 Å². The molecule has 1 N–H and O–H groups in total. The highest BCUT2D eigenvalue weighted by atomic mass is 32.1. The van der Waals surface area contributed by atoms with Crippen LogP contribution in [0.2, 0.25) is 0 Å². The average Bonchev–Trinajstić information content (AvgIpc) is 2.84. The molecule has 0 amide bonds. The molecule has 0 spiro atoms. The number of halogens is 1. The normalized spacial score (nSPS) is 20.9. The summed E-state index contributed by atoms with van der Waals surface area (Å²) in [5.41, 5.74) is 1.78. The predicted molar refractivity (Wildman–Crippen MR) is 72.7 cm³/mol. The Morgan fingerprint density at radius 2 is 2.33 bits per heavy atom. The van der Waals surface area contributed by atoms with E-state index >= 15 is 0 Å². The minimum atomic E-state index is -0.230. The van der Waals surface area contributed by atoms with Gasteiger partial charge in [-0.3, -0.25) is 0 Å². The molecule has 1 aliphatic heterocycles. The lowest BCUT2D eigenvalue weighted by atomic mass is 10.1. The zero-order chi connectivity index (χ0) is 12.7. The summed E-state index contributed by atoms with van der Waals surface area (Å²) in [5, 5.41) is 0. The maximum Gasteiger partial charge on any atom is 0.178 e. The summed E-state index contributed by atoms with van der Waals surface area (Å²) < 4.78 is 15.9. The van der Waals surface area contributed by atoms with Gasteiger partial charge >= 0.3 is 0 Å². The smallest absolute Gasteiger partial charge is 0.178 e. The zero-order valence-electron chi connectivity index (χ0n) is 10.3. The SMILES string of the molecule is CN1CCC(Cn2c(=S)[nH]c3cc(F)ccc32)C1. The molecular weight excluding hydrogens is 249 g/mol. The highest BCUT2D eigenvalue weighted by Crippen LogP contribution is 2.21. The van der Waals surface area contributed by atoms with Crippen LogP contribution < -0.4 is 0 Å². The van der Waals surface area contributed by atoms with Crippen LogP contribution in [0, 0.1) is 16.5 Å². The number of hydrogen-bond donors (Lipinski definition) is 1. The van der Waals surface area contributed by atoms with Crippen molar-refractivity contribution in [3.8, 4) is 0 Å². The van der Waals surface area contributed by atoms with Crippen LogP contribution in [0.1, 0.15) is 6.42 Å². The second-order valence-electron chi connectivity index (χ2n) is 5.12. The summed E-state index contributed by atoms with van der Waals surface area (Å²) in [4.78, 5) is 5.41. The van der Waals surface area contributed by atoms with Crippen LogP contribution in [0.25, 0.3) is 11.0 Å². The van der Waals surface area contributed by atoms with Crippen molar-refractivity contribution in [2.45, 2.75) is 13.0 Å². The van der Waals surface area contributed by atoms with Crippen molar-refractivity contribution in [1.29, 1.82) is 0 Å². The molecule has 3 nitrogen and oxygen atoms in total. The summed E-state index contributed by atoms with van der Waals surface area (Å²) in [6.45, 7) is 3.17. The predicted octanol–water partition coefficient (Wildman–Crippen LogP) is 2.79. The summed E-state index contributed by atoms with van der Waals surface area (Å²) in [6.07, 6.45) is 1.20. The summed E-state index contributed by atoms with van der Waals surface area (Å²) in [7, 11) is 2.14. The highest BCUT2D eigenvalue weighted by Gasteiger charge is 2.20. The Balaban J connectivity index is 1.96. The van der Waals surface area contributed by atoms with E-state index in [4.69, 9.17) is 12.2 Å². The molecule has 1 unspecified atom stereocenters. The monoisotopic (exact) mass is 265 g/mol.